The molecule has 3 rings (SSSR count). The van der Waals surface area contributed by atoms with Crippen molar-refractivity contribution >= 4 is 24.8 Å². The van der Waals surface area contributed by atoms with E-state index in [9.17, 15) is 0 Å². The quantitative estimate of drug-likeness (QED) is 0.821. The van der Waals surface area contributed by atoms with Crippen LogP contribution in [0, 0.1) is 11.3 Å². The minimum atomic E-state index is 0. The minimum Gasteiger partial charge on any atom is -0.304 e. The third-order valence-corrected chi connectivity index (χ3v) is 3.74. The van der Waals surface area contributed by atoms with Crippen molar-refractivity contribution in [1.29, 1.82) is 5.26 Å². The van der Waals surface area contributed by atoms with Gasteiger partial charge in [0.15, 0.2) is 5.82 Å². The van der Waals surface area contributed by atoms with Crippen LogP contribution in [0.5, 0.6) is 0 Å². The van der Waals surface area contributed by atoms with Gasteiger partial charge >= 0.3 is 0 Å². The van der Waals surface area contributed by atoms with Gasteiger partial charge in [-0.05, 0) is 41.7 Å². The summed E-state index contributed by atoms with van der Waals surface area (Å²) in [5.41, 5.74) is 1.51. The Balaban J connectivity index is 0.00000132. The van der Waals surface area contributed by atoms with Gasteiger partial charge in [0.2, 0.25) is 0 Å². The third kappa shape index (κ3) is 4.62. The zero-order valence-corrected chi connectivity index (χ0v) is 14.4. The molecule has 0 atom stereocenters. The zero-order valence-electron chi connectivity index (χ0n) is 12.8. The van der Waals surface area contributed by atoms with E-state index in [1.165, 1.54) is 0 Å². The molecule has 1 aliphatic rings. The fourth-order valence-corrected chi connectivity index (χ4v) is 2.39. The number of hydrogen-bond donors (Lipinski definition) is 0. The number of halogens is 2. The fourth-order valence-electron chi connectivity index (χ4n) is 2.39. The molecule has 23 heavy (non-hydrogen) atoms. The van der Waals surface area contributed by atoms with Crippen LogP contribution < -0.4 is 0 Å². The summed E-state index contributed by atoms with van der Waals surface area (Å²) in [6.45, 7) is 4.92. The van der Waals surface area contributed by atoms with Crippen molar-refractivity contribution < 1.29 is 0 Å². The van der Waals surface area contributed by atoms with Gasteiger partial charge in [-0.25, -0.2) is 0 Å². The van der Waals surface area contributed by atoms with E-state index in [1.807, 2.05) is 12.1 Å². The van der Waals surface area contributed by atoms with Crippen molar-refractivity contribution in [2.75, 3.05) is 33.2 Å². The molecule has 1 aliphatic heterocycles. The molecule has 0 radical (unpaired) electrons. The summed E-state index contributed by atoms with van der Waals surface area (Å²) >= 11 is 0. The van der Waals surface area contributed by atoms with Crippen molar-refractivity contribution in [2.24, 2.45) is 0 Å². The molecule has 0 N–H and O–H groups in total. The summed E-state index contributed by atoms with van der Waals surface area (Å²) in [7, 11) is 2.14. The molecule has 1 saturated heterocycles. The number of tetrazole rings is 1. The van der Waals surface area contributed by atoms with E-state index < -0.39 is 0 Å². The van der Waals surface area contributed by atoms with E-state index in [0.29, 0.717) is 5.56 Å². The molecule has 2 aromatic rings. The van der Waals surface area contributed by atoms with Crippen LogP contribution in [0.15, 0.2) is 24.3 Å². The first-order chi connectivity index (χ1) is 10.3. The minimum absolute atomic E-state index is 0. The van der Waals surface area contributed by atoms with Crippen LogP contribution in [0.1, 0.15) is 11.4 Å². The maximum absolute atomic E-state index is 8.84. The monoisotopic (exact) mass is 355 g/mol. The lowest BCUT2D eigenvalue weighted by molar-refractivity contribution is 0.144. The van der Waals surface area contributed by atoms with Gasteiger partial charge in [0, 0.05) is 26.2 Å². The van der Waals surface area contributed by atoms with Crippen LogP contribution in [-0.4, -0.2) is 63.2 Å². The SMILES string of the molecule is CN1CCN(Cc2nnnn2-c2ccc(C#N)cc2)CC1.Cl.Cl. The Morgan fingerprint density at radius 2 is 1.74 bits per heavy atom. The summed E-state index contributed by atoms with van der Waals surface area (Å²) in [5, 5.41) is 20.8. The second-order valence-corrected chi connectivity index (χ2v) is 5.25. The Hall–Kier alpha value is -1.72. The average Bonchev–Trinajstić information content (AvgIpc) is 2.98. The predicted molar refractivity (Wildman–Crippen MR) is 91.1 cm³/mol. The highest BCUT2D eigenvalue weighted by molar-refractivity contribution is 5.85. The highest BCUT2D eigenvalue weighted by Gasteiger charge is 2.17. The molecule has 0 saturated carbocycles. The number of likely N-dealkylation sites (N-methyl/N-ethyl adjacent to an activating group) is 1. The molecule has 0 spiro atoms. The number of nitriles is 1. The maximum atomic E-state index is 8.84. The number of nitrogens with zero attached hydrogens (tertiary/aromatic N) is 7. The first-order valence-electron chi connectivity index (χ1n) is 6.95. The molecular formula is C14H19Cl2N7. The van der Waals surface area contributed by atoms with Crippen LogP contribution >= 0.6 is 24.8 Å². The Morgan fingerprint density at radius 1 is 1.09 bits per heavy atom. The molecule has 2 heterocycles. The standard InChI is InChI=1S/C14H17N7.2ClH/c1-19-6-8-20(9-7-19)11-14-16-17-18-21(14)13-4-2-12(10-15)3-5-13;;/h2-5H,6-9,11H2,1H3;2*1H. The van der Waals surface area contributed by atoms with Crippen LogP contribution in [0.4, 0.5) is 0 Å². The maximum Gasteiger partial charge on any atom is 0.170 e. The van der Waals surface area contributed by atoms with Crippen LogP contribution in [0.25, 0.3) is 5.69 Å². The second kappa shape index (κ2) is 8.79. The molecule has 1 fully saturated rings. The van der Waals surface area contributed by atoms with E-state index >= 15 is 0 Å². The van der Waals surface area contributed by atoms with Crippen molar-refractivity contribution in [1.82, 2.24) is 30.0 Å². The number of benzene rings is 1. The summed E-state index contributed by atoms with van der Waals surface area (Å²) in [4.78, 5) is 4.67. The van der Waals surface area contributed by atoms with Crippen molar-refractivity contribution in [3.8, 4) is 11.8 Å². The van der Waals surface area contributed by atoms with Crippen LogP contribution in [0.3, 0.4) is 0 Å². The van der Waals surface area contributed by atoms with Crippen LogP contribution in [-0.2, 0) is 6.54 Å². The summed E-state index contributed by atoms with van der Waals surface area (Å²) in [6, 6.07) is 9.39. The summed E-state index contributed by atoms with van der Waals surface area (Å²) in [5.74, 6) is 0.823. The number of rotatable bonds is 3. The summed E-state index contributed by atoms with van der Waals surface area (Å²) in [6.07, 6.45) is 0. The average molecular weight is 356 g/mol. The number of aromatic nitrogens is 4. The van der Waals surface area contributed by atoms with E-state index in [0.717, 1.165) is 44.2 Å². The highest BCUT2D eigenvalue weighted by atomic mass is 35.5. The van der Waals surface area contributed by atoms with E-state index in [2.05, 4.69) is 38.4 Å². The fraction of sp³-hybridized carbons (Fsp3) is 0.429. The Bertz CT molecular complexity index is 642. The molecule has 9 heteroatoms. The molecule has 0 unspecified atom stereocenters. The number of piperazine rings is 1. The van der Waals surface area contributed by atoms with Gasteiger partial charge in [0.05, 0.1) is 23.9 Å². The van der Waals surface area contributed by atoms with Gasteiger partial charge in [-0.1, -0.05) is 0 Å². The second-order valence-electron chi connectivity index (χ2n) is 5.25. The van der Waals surface area contributed by atoms with E-state index in [-0.39, 0.29) is 24.8 Å². The molecule has 1 aromatic heterocycles. The van der Waals surface area contributed by atoms with Crippen molar-refractivity contribution in [3.05, 3.63) is 35.7 Å². The highest BCUT2D eigenvalue weighted by Crippen LogP contribution is 2.12. The van der Waals surface area contributed by atoms with Gasteiger partial charge in [-0.3, -0.25) is 4.90 Å². The van der Waals surface area contributed by atoms with Gasteiger partial charge in [0.1, 0.15) is 0 Å². The number of hydrogen-bond acceptors (Lipinski definition) is 6. The van der Waals surface area contributed by atoms with Gasteiger partial charge in [-0.15, -0.1) is 29.9 Å². The third-order valence-electron chi connectivity index (χ3n) is 3.74. The lowest BCUT2D eigenvalue weighted by atomic mass is 10.2. The smallest absolute Gasteiger partial charge is 0.170 e. The van der Waals surface area contributed by atoms with Crippen molar-refractivity contribution in [3.63, 3.8) is 0 Å². The lowest BCUT2D eigenvalue weighted by Gasteiger charge is -2.31. The largest absolute Gasteiger partial charge is 0.304 e. The molecule has 0 aliphatic carbocycles. The Labute approximate surface area is 147 Å². The Morgan fingerprint density at radius 3 is 2.35 bits per heavy atom. The molecule has 0 bridgehead atoms. The molecule has 124 valence electrons. The van der Waals surface area contributed by atoms with Gasteiger partial charge in [-0.2, -0.15) is 9.94 Å². The van der Waals surface area contributed by atoms with E-state index in [4.69, 9.17) is 5.26 Å². The lowest BCUT2D eigenvalue weighted by Crippen LogP contribution is -2.44. The predicted octanol–water partition coefficient (Wildman–Crippen LogP) is 1.12. The topological polar surface area (TPSA) is 73.9 Å². The molecule has 7 nitrogen and oxygen atoms in total. The Kier molecular flexibility index (Phi) is 7.39. The molecule has 1 aromatic carbocycles. The van der Waals surface area contributed by atoms with Crippen molar-refractivity contribution in [2.45, 2.75) is 6.54 Å². The first-order valence-corrected chi connectivity index (χ1v) is 6.95. The van der Waals surface area contributed by atoms with Gasteiger partial charge < -0.3 is 4.90 Å². The molecule has 0 amide bonds. The first kappa shape index (κ1) is 19.3. The van der Waals surface area contributed by atoms with Gasteiger partial charge in [0.25, 0.3) is 0 Å². The summed E-state index contributed by atoms with van der Waals surface area (Å²) < 4.78 is 1.74. The zero-order chi connectivity index (χ0) is 14.7. The molecular weight excluding hydrogens is 337 g/mol. The normalized spacial score (nSPS) is 15.3. The van der Waals surface area contributed by atoms with E-state index in [1.54, 1.807) is 16.8 Å². The van der Waals surface area contributed by atoms with Crippen LogP contribution in [0.2, 0.25) is 0 Å².